The van der Waals surface area contributed by atoms with Crippen LogP contribution in [0.1, 0.15) is 174 Å². The third-order valence-electron chi connectivity index (χ3n) is 9.92. The van der Waals surface area contributed by atoms with Crippen LogP contribution in [-0.4, -0.2) is 49.7 Å². The topological polar surface area (TPSA) is 64.6 Å². The van der Waals surface area contributed by atoms with Crippen molar-refractivity contribution in [1.29, 1.82) is 0 Å². The molecule has 43 heavy (non-hydrogen) atoms. The average molecular weight is 624 g/mol. The first kappa shape index (κ1) is 38.4. The van der Waals surface area contributed by atoms with Crippen molar-refractivity contribution >= 4 is 23.7 Å². The maximum atomic E-state index is 12.3. The molecule has 1 N–H and O–H groups in total. The molecule has 3 aliphatic rings. The number of hydrogen-bond acceptors (Lipinski definition) is 6. The fraction of sp³-hybridized carbons (Fsp3) is 0.946. The molecule has 0 spiro atoms. The Bertz CT molecular complexity index is 666. The lowest BCUT2D eigenvalue weighted by Gasteiger charge is -2.46. The van der Waals surface area contributed by atoms with E-state index in [1.54, 1.807) is 0 Å². The second kappa shape index (κ2) is 26.5. The molecule has 3 fully saturated rings. The van der Waals surface area contributed by atoms with E-state index < -0.39 is 0 Å². The molecule has 0 aliphatic heterocycles. The molecule has 0 aromatic rings. The molecule has 252 valence electrons. The monoisotopic (exact) mass is 623 g/mol. The van der Waals surface area contributed by atoms with Crippen molar-refractivity contribution in [3.8, 4) is 0 Å². The van der Waals surface area contributed by atoms with E-state index in [-0.39, 0.29) is 17.4 Å². The molecule has 0 unspecified atom stereocenters. The Balaban J connectivity index is 1.21. The van der Waals surface area contributed by atoms with Crippen molar-refractivity contribution < 1.29 is 19.1 Å². The number of ether oxygens (including phenoxy) is 2. The van der Waals surface area contributed by atoms with Gasteiger partial charge < -0.3 is 14.8 Å². The first-order chi connectivity index (χ1) is 21.1. The Labute approximate surface area is 270 Å². The Morgan fingerprint density at radius 1 is 0.628 bits per heavy atom. The number of carbonyl (C=O) groups excluding carboxylic acids is 2. The van der Waals surface area contributed by atoms with Gasteiger partial charge in [-0.05, 0) is 81.4 Å². The van der Waals surface area contributed by atoms with Crippen molar-refractivity contribution in [3.05, 3.63) is 0 Å². The highest BCUT2D eigenvalue weighted by Gasteiger charge is 2.41. The summed E-state index contributed by atoms with van der Waals surface area (Å²) in [5, 5.41) is 3.38. The molecule has 3 saturated carbocycles. The van der Waals surface area contributed by atoms with Crippen LogP contribution in [0.5, 0.6) is 0 Å². The summed E-state index contributed by atoms with van der Waals surface area (Å²) >= 11 is 1.92. The summed E-state index contributed by atoms with van der Waals surface area (Å²) in [5.74, 6) is 3.00. The van der Waals surface area contributed by atoms with Gasteiger partial charge in [-0.1, -0.05) is 103 Å². The summed E-state index contributed by atoms with van der Waals surface area (Å²) in [4.78, 5) is 24.2. The first-order valence-electron chi connectivity index (χ1n) is 18.7. The highest BCUT2D eigenvalue weighted by molar-refractivity contribution is 7.99. The van der Waals surface area contributed by atoms with Crippen LogP contribution in [0.25, 0.3) is 0 Å². The lowest BCUT2D eigenvalue weighted by atomic mass is 9.59. The molecule has 3 aliphatic carbocycles. The minimum absolute atomic E-state index is 0.0409. The summed E-state index contributed by atoms with van der Waals surface area (Å²) in [5.41, 5.74) is 0.282. The molecule has 0 atom stereocenters. The summed E-state index contributed by atoms with van der Waals surface area (Å²) in [7, 11) is 0. The molecule has 0 radical (unpaired) electrons. The Morgan fingerprint density at radius 3 is 1.79 bits per heavy atom. The summed E-state index contributed by atoms with van der Waals surface area (Å²) in [6.07, 6.45) is 32.4. The predicted molar refractivity (Wildman–Crippen MR) is 184 cm³/mol. The summed E-state index contributed by atoms with van der Waals surface area (Å²) in [6.45, 7) is 5.08. The van der Waals surface area contributed by atoms with Crippen LogP contribution in [0.2, 0.25) is 0 Å². The highest BCUT2D eigenvalue weighted by Crippen LogP contribution is 2.52. The number of nitrogens with one attached hydrogen (secondary N) is 1. The van der Waals surface area contributed by atoms with Crippen LogP contribution < -0.4 is 5.32 Å². The van der Waals surface area contributed by atoms with Crippen molar-refractivity contribution in [2.75, 3.05) is 37.8 Å². The Morgan fingerprint density at radius 2 is 1.16 bits per heavy atom. The molecule has 3 rings (SSSR count). The predicted octanol–water partition coefficient (Wildman–Crippen LogP) is 10.2. The smallest absolute Gasteiger partial charge is 0.307 e. The van der Waals surface area contributed by atoms with E-state index in [2.05, 4.69) is 12.2 Å². The molecule has 0 aromatic carbocycles. The van der Waals surface area contributed by atoms with Crippen LogP contribution in [0.4, 0.5) is 0 Å². The number of esters is 2. The molecule has 0 saturated heterocycles. The van der Waals surface area contributed by atoms with Crippen molar-refractivity contribution in [3.63, 3.8) is 0 Å². The van der Waals surface area contributed by atoms with Crippen molar-refractivity contribution in [2.45, 2.75) is 174 Å². The molecular formula is C37H69NO4S. The fourth-order valence-corrected chi connectivity index (χ4v) is 7.77. The Hall–Kier alpha value is -0.750. The summed E-state index contributed by atoms with van der Waals surface area (Å²) in [6, 6.07) is 0. The standard InChI is InChI=1S/C37H69NO4S/c1-2-3-4-5-6-7-8-9-10-13-16-19-31-43-32-30-42-35(39)23-28-38-27-17-14-11-12-15-18-29-41-36(40)33-37-24-20-34(21-25-37)22-26-37/h34,38H,2-33H2,1H3. The van der Waals surface area contributed by atoms with E-state index in [1.165, 1.54) is 141 Å². The molecule has 2 bridgehead atoms. The van der Waals surface area contributed by atoms with E-state index in [9.17, 15) is 9.59 Å². The third kappa shape index (κ3) is 20.8. The maximum Gasteiger partial charge on any atom is 0.307 e. The van der Waals surface area contributed by atoms with Crippen LogP contribution in [0.15, 0.2) is 0 Å². The van der Waals surface area contributed by atoms with Gasteiger partial charge >= 0.3 is 11.9 Å². The number of thioether (sulfide) groups is 1. The first-order valence-corrected chi connectivity index (χ1v) is 19.9. The third-order valence-corrected chi connectivity index (χ3v) is 11.0. The molecule has 0 heterocycles. The SMILES string of the molecule is CCCCCCCCCCCCCCSCCOC(=O)CCNCCCCCCCCOC(=O)CC12CCC(CC1)CC2. The normalized spacial score (nSPS) is 19.5. The van der Waals surface area contributed by atoms with Gasteiger partial charge in [0.15, 0.2) is 0 Å². The number of fused-ring (bicyclic) bond motifs is 3. The maximum absolute atomic E-state index is 12.3. The van der Waals surface area contributed by atoms with Gasteiger partial charge in [0.05, 0.1) is 19.4 Å². The van der Waals surface area contributed by atoms with Crippen LogP contribution in [-0.2, 0) is 19.1 Å². The second-order valence-corrected chi connectivity index (χ2v) is 14.9. The van der Waals surface area contributed by atoms with Crippen molar-refractivity contribution in [2.24, 2.45) is 11.3 Å². The lowest BCUT2D eigenvalue weighted by molar-refractivity contribution is -0.148. The zero-order chi connectivity index (χ0) is 30.7. The number of rotatable bonds is 30. The highest BCUT2D eigenvalue weighted by atomic mass is 32.2. The minimum atomic E-state index is -0.0788. The van der Waals surface area contributed by atoms with Crippen molar-refractivity contribution in [1.82, 2.24) is 5.32 Å². The molecule has 0 amide bonds. The number of unbranched alkanes of at least 4 members (excludes halogenated alkanes) is 16. The lowest BCUT2D eigenvalue weighted by Crippen LogP contribution is -2.36. The van der Waals surface area contributed by atoms with Gasteiger partial charge in [0.25, 0.3) is 0 Å². The second-order valence-electron chi connectivity index (χ2n) is 13.7. The fourth-order valence-electron chi connectivity index (χ4n) is 6.96. The largest absolute Gasteiger partial charge is 0.466 e. The van der Waals surface area contributed by atoms with Gasteiger partial charge in [-0.15, -0.1) is 0 Å². The van der Waals surface area contributed by atoms with Crippen LogP contribution in [0.3, 0.4) is 0 Å². The molecular weight excluding hydrogens is 554 g/mol. The van der Waals surface area contributed by atoms with E-state index in [1.807, 2.05) is 11.8 Å². The van der Waals surface area contributed by atoms with Gasteiger partial charge in [0.2, 0.25) is 0 Å². The quantitative estimate of drug-likeness (QED) is 0.0634. The van der Waals surface area contributed by atoms with E-state index in [0.717, 1.165) is 37.5 Å². The van der Waals surface area contributed by atoms with Gasteiger partial charge in [-0.3, -0.25) is 9.59 Å². The van der Waals surface area contributed by atoms with Gasteiger partial charge in [-0.25, -0.2) is 0 Å². The van der Waals surface area contributed by atoms with Gasteiger partial charge in [-0.2, -0.15) is 11.8 Å². The molecule has 5 nitrogen and oxygen atoms in total. The van der Waals surface area contributed by atoms with Crippen LogP contribution >= 0.6 is 11.8 Å². The van der Waals surface area contributed by atoms with E-state index in [4.69, 9.17) is 9.47 Å². The average Bonchev–Trinajstić information content (AvgIpc) is 3.02. The molecule has 6 heteroatoms. The van der Waals surface area contributed by atoms with Gasteiger partial charge in [0, 0.05) is 12.3 Å². The van der Waals surface area contributed by atoms with E-state index >= 15 is 0 Å². The van der Waals surface area contributed by atoms with Crippen LogP contribution in [0, 0.1) is 11.3 Å². The number of hydrogen-bond donors (Lipinski definition) is 1. The van der Waals surface area contributed by atoms with Gasteiger partial charge in [0.1, 0.15) is 6.61 Å². The minimum Gasteiger partial charge on any atom is -0.466 e. The molecule has 0 aromatic heterocycles. The summed E-state index contributed by atoms with van der Waals surface area (Å²) < 4.78 is 11.0. The van der Waals surface area contributed by atoms with E-state index in [0.29, 0.717) is 32.6 Å². The zero-order valence-corrected chi connectivity index (χ0v) is 29.1. The Kier molecular flexibility index (Phi) is 23.7. The zero-order valence-electron chi connectivity index (χ0n) is 28.2. The number of carbonyl (C=O) groups is 2.